The first-order valence-corrected chi connectivity index (χ1v) is 7.27. The van der Waals surface area contributed by atoms with E-state index in [1.807, 2.05) is 29.2 Å². The maximum atomic E-state index is 10.0. The lowest BCUT2D eigenvalue weighted by atomic mass is 10.2. The molecule has 0 saturated carbocycles. The van der Waals surface area contributed by atoms with Gasteiger partial charge in [-0.3, -0.25) is 5.21 Å². The molecule has 7 heteroatoms. The summed E-state index contributed by atoms with van der Waals surface area (Å²) in [5.74, 6) is 1.38. The summed E-state index contributed by atoms with van der Waals surface area (Å²) in [6.07, 6.45) is 0.959. The molecule has 0 fully saturated rings. The van der Waals surface area contributed by atoms with Crippen LogP contribution in [0.25, 0.3) is 0 Å². The third kappa shape index (κ3) is 2.41. The highest BCUT2D eigenvalue weighted by Gasteiger charge is 2.26. The van der Waals surface area contributed by atoms with Gasteiger partial charge in [0.05, 0.1) is 30.6 Å². The molecular weight excluding hydrogens is 276 g/mol. The highest BCUT2D eigenvalue weighted by molar-refractivity contribution is 6.99. The van der Waals surface area contributed by atoms with Gasteiger partial charge in [-0.05, 0) is 18.6 Å². The summed E-state index contributed by atoms with van der Waals surface area (Å²) in [4.78, 5) is 2.02. The quantitative estimate of drug-likeness (QED) is 0.934. The number of benzene rings is 1. The second-order valence-electron chi connectivity index (χ2n) is 4.59. The van der Waals surface area contributed by atoms with Gasteiger partial charge in [0.25, 0.3) is 0 Å². The number of aromatic nitrogens is 2. The van der Waals surface area contributed by atoms with Gasteiger partial charge in [0, 0.05) is 0 Å². The first-order chi connectivity index (χ1) is 9.79. The van der Waals surface area contributed by atoms with Crippen molar-refractivity contribution in [1.29, 1.82) is 0 Å². The van der Waals surface area contributed by atoms with Crippen LogP contribution in [-0.4, -0.2) is 27.2 Å². The van der Waals surface area contributed by atoms with Gasteiger partial charge in [-0.25, -0.2) is 5.06 Å². The van der Waals surface area contributed by atoms with E-state index in [4.69, 9.17) is 4.74 Å². The Morgan fingerprint density at radius 2 is 2.20 bits per heavy atom. The van der Waals surface area contributed by atoms with Crippen molar-refractivity contribution in [3.63, 3.8) is 0 Å². The lowest BCUT2D eigenvalue weighted by Gasteiger charge is -2.33. The molecular formula is C13H16N4O2S. The van der Waals surface area contributed by atoms with Crippen LogP contribution in [0.1, 0.15) is 19.0 Å². The van der Waals surface area contributed by atoms with E-state index in [0.29, 0.717) is 25.6 Å². The van der Waals surface area contributed by atoms with E-state index in [-0.39, 0.29) is 0 Å². The van der Waals surface area contributed by atoms with Crippen molar-refractivity contribution in [1.82, 2.24) is 8.75 Å². The second-order valence-corrected chi connectivity index (χ2v) is 5.12. The molecule has 1 aromatic carbocycles. The molecule has 2 heterocycles. The van der Waals surface area contributed by atoms with Crippen molar-refractivity contribution in [3.8, 4) is 5.75 Å². The Labute approximate surface area is 121 Å². The molecule has 0 unspecified atom stereocenters. The molecule has 0 atom stereocenters. The van der Waals surface area contributed by atoms with Gasteiger partial charge < -0.3 is 9.64 Å². The minimum Gasteiger partial charge on any atom is -0.491 e. The molecule has 20 heavy (non-hydrogen) atoms. The van der Waals surface area contributed by atoms with Crippen LogP contribution in [0.3, 0.4) is 0 Å². The molecule has 1 aliphatic rings. The molecule has 0 bridgehead atoms. The lowest BCUT2D eigenvalue weighted by Crippen LogP contribution is -2.40. The fourth-order valence-corrected chi connectivity index (χ4v) is 2.73. The first-order valence-electron chi connectivity index (χ1n) is 6.54. The molecule has 0 aliphatic carbocycles. The Bertz CT molecular complexity index is 589. The van der Waals surface area contributed by atoms with Crippen LogP contribution in [0.4, 0.5) is 11.5 Å². The number of rotatable bonds is 4. The van der Waals surface area contributed by atoms with Gasteiger partial charge in [-0.1, -0.05) is 19.1 Å². The van der Waals surface area contributed by atoms with Crippen LogP contribution in [0.5, 0.6) is 5.75 Å². The average Bonchev–Trinajstić information content (AvgIpc) is 2.94. The second kappa shape index (κ2) is 5.64. The topological polar surface area (TPSA) is 61.7 Å². The van der Waals surface area contributed by atoms with Crippen molar-refractivity contribution in [2.45, 2.75) is 19.9 Å². The molecule has 1 aliphatic heterocycles. The monoisotopic (exact) mass is 292 g/mol. The number of nitrogens with zero attached hydrogens (tertiary/aromatic N) is 4. The summed E-state index contributed by atoms with van der Waals surface area (Å²) in [5, 5.41) is 11.1. The number of hydrogen-bond acceptors (Lipinski definition) is 7. The Morgan fingerprint density at radius 1 is 1.35 bits per heavy atom. The highest BCUT2D eigenvalue weighted by Crippen LogP contribution is 2.33. The first kappa shape index (κ1) is 13.1. The summed E-state index contributed by atoms with van der Waals surface area (Å²) in [7, 11) is 0. The predicted octanol–water partition coefficient (Wildman–Crippen LogP) is 2.50. The van der Waals surface area contributed by atoms with Gasteiger partial charge in [0.1, 0.15) is 18.1 Å². The van der Waals surface area contributed by atoms with E-state index >= 15 is 0 Å². The SMILES string of the molecule is CCCOc1ccccc1N1Cc2nsnc2N(O)C1. The number of anilines is 2. The molecule has 2 aromatic rings. The van der Waals surface area contributed by atoms with Crippen molar-refractivity contribution >= 4 is 23.2 Å². The highest BCUT2D eigenvalue weighted by atomic mass is 32.1. The molecule has 0 amide bonds. The average molecular weight is 292 g/mol. The van der Waals surface area contributed by atoms with Gasteiger partial charge in [-0.15, -0.1) is 0 Å². The fourth-order valence-electron chi connectivity index (χ4n) is 2.17. The van der Waals surface area contributed by atoms with E-state index in [1.54, 1.807) is 0 Å². The Morgan fingerprint density at radius 3 is 3.05 bits per heavy atom. The summed E-state index contributed by atoms with van der Waals surface area (Å²) in [6, 6.07) is 7.85. The van der Waals surface area contributed by atoms with Gasteiger partial charge in [0.2, 0.25) is 0 Å². The van der Waals surface area contributed by atoms with E-state index in [1.165, 1.54) is 0 Å². The summed E-state index contributed by atoms with van der Waals surface area (Å²) in [6.45, 7) is 3.73. The Kier molecular flexibility index (Phi) is 3.70. The molecule has 1 N–H and O–H groups in total. The maximum Gasteiger partial charge on any atom is 0.192 e. The molecule has 0 spiro atoms. The number of ether oxygens (including phenoxy) is 1. The fraction of sp³-hybridized carbons (Fsp3) is 0.385. The summed E-state index contributed by atoms with van der Waals surface area (Å²) in [5.41, 5.74) is 1.74. The smallest absolute Gasteiger partial charge is 0.192 e. The van der Waals surface area contributed by atoms with E-state index < -0.39 is 0 Å². The Hall–Kier alpha value is -1.86. The van der Waals surface area contributed by atoms with E-state index in [9.17, 15) is 5.21 Å². The van der Waals surface area contributed by atoms with Crippen LogP contribution in [-0.2, 0) is 6.54 Å². The van der Waals surface area contributed by atoms with Crippen molar-refractivity contribution in [3.05, 3.63) is 30.0 Å². The van der Waals surface area contributed by atoms with Crippen LogP contribution in [0.2, 0.25) is 0 Å². The molecule has 3 rings (SSSR count). The largest absolute Gasteiger partial charge is 0.491 e. The molecule has 6 nitrogen and oxygen atoms in total. The van der Waals surface area contributed by atoms with Gasteiger partial charge in [-0.2, -0.15) is 8.75 Å². The number of hydrogen-bond donors (Lipinski definition) is 1. The molecule has 0 saturated heterocycles. The molecule has 1 aromatic heterocycles. The van der Waals surface area contributed by atoms with Gasteiger partial charge >= 0.3 is 0 Å². The minimum atomic E-state index is 0.352. The number of para-hydroxylation sites is 2. The standard InChI is InChI=1S/C13H16N4O2S/c1-2-7-19-12-6-4-3-5-11(12)16-8-10-13(15-20-14-10)17(18)9-16/h3-6,18H,2,7-9H2,1H3. The number of fused-ring (bicyclic) bond motifs is 1. The normalized spacial score (nSPS) is 14.3. The predicted molar refractivity (Wildman–Crippen MR) is 77.5 cm³/mol. The van der Waals surface area contributed by atoms with Crippen molar-refractivity contribution in [2.75, 3.05) is 23.2 Å². The lowest BCUT2D eigenvalue weighted by molar-refractivity contribution is 0.242. The third-order valence-corrected chi connectivity index (χ3v) is 3.65. The zero-order chi connectivity index (χ0) is 13.9. The maximum absolute atomic E-state index is 10.0. The van der Waals surface area contributed by atoms with Crippen LogP contribution in [0, 0.1) is 0 Å². The third-order valence-electron chi connectivity index (χ3n) is 3.09. The summed E-state index contributed by atoms with van der Waals surface area (Å²) >= 11 is 1.11. The van der Waals surface area contributed by atoms with E-state index in [2.05, 4.69) is 15.7 Å². The zero-order valence-corrected chi connectivity index (χ0v) is 12.0. The molecule has 106 valence electrons. The van der Waals surface area contributed by atoms with Gasteiger partial charge in [0.15, 0.2) is 5.82 Å². The zero-order valence-electron chi connectivity index (χ0n) is 11.2. The van der Waals surface area contributed by atoms with Crippen LogP contribution >= 0.6 is 11.7 Å². The van der Waals surface area contributed by atoms with Crippen LogP contribution in [0.15, 0.2) is 24.3 Å². The summed E-state index contributed by atoms with van der Waals surface area (Å²) < 4.78 is 14.1. The number of hydroxylamine groups is 1. The molecule has 0 radical (unpaired) electrons. The van der Waals surface area contributed by atoms with Crippen molar-refractivity contribution < 1.29 is 9.94 Å². The van der Waals surface area contributed by atoms with Crippen molar-refractivity contribution in [2.24, 2.45) is 0 Å². The van der Waals surface area contributed by atoms with E-state index in [0.717, 1.165) is 40.3 Å². The van der Waals surface area contributed by atoms with Crippen LogP contribution < -0.4 is 14.7 Å². The Balaban J connectivity index is 1.87. The minimum absolute atomic E-state index is 0.352.